The van der Waals surface area contributed by atoms with Gasteiger partial charge in [-0.15, -0.1) is 0 Å². The maximum atomic E-state index is 12.4. The Morgan fingerprint density at radius 3 is 1.95 bits per heavy atom. The van der Waals surface area contributed by atoms with Crippen molar-refractivity contribution in [1.82, 2.24) is 4.90 Å². The van der Waals surface area contributed by atoms with E-state index in [0.717, 1.165) is 12.1 Å². The number of hydrogen-bond acceptors (Lipinski definition) is 2. The van der Waals surface area contributed by atoms with Crippen molar-refractivity contribution in [3.05, 3.63) is 35.4 Å². The molecule has 1 aromatic carbocycles. The van der Waals surface area contributed by atoms with Crippen LogP contribution < -0.4 is 5.73 Å². The third kappa shape index (κ3) is 5.25. The van der Waals surface area contributed by atoms with Crippen LogP contribution >= 0.6 is 0 Å². The molecule has 0 saturated heterocycles. The van der Waals surface area contributed by atoms with Crippen molar-refractivity contribution in [1.29, 1.82) is 0 Å². The highest BCUT2D eigenvalue weighted by Gasteiger charge is 2.34. The fraction of sp³-hybridized carbons (Fsp3) is 0.417. The summed E-state index contributed by atoms with van der Waals surface area (Å²) in [7, 11) is 0. The molecule has 0 aliphatic rings. The molecule has 0 unspecified atom stereocenters. The van der Waals surface area contributed by atoms with Gasteiger partial charge in [-0.1, -0.05) is 0 Å². The topological polar surface area (TPSA) is 46.3 Å². The Hall–Kier alpha value is -1.77. The van der Waals surface area contributed by atoms with E-state index >= 15 is 0 Å². The molecular formula is C12H12F6N2O. The fourth-order valence-corrected chi connectivity index (χ4v) is 1.61. The molecule has 0 spiro atoms. The Morgan fingerprint density at radius 1 is 1.05 bits per heavy atom. The molecule has 0 radical (unpaired) electrons. The van der Waals surface area contributed by atoms with E-state index in [-0.39, 0.29) is 18.7 Å². The lowest BCUT2D eigenvalue weighted by Crippen LogP contribution is -2.41. The first kappa shape index (κ1) is 17.3. The highest BCUT2D eigenvalue weighted by Crippen LogP contribution is 2.29. The van der Waals surface area contributed by atoms with Gasteiger partial charge in [0.05, 0.1) is 5.56 Å². The summed E-state index contributed by atoms with van der Waals surface area (Å²) in [6.45, 7) is -2.05. The van der Waals surface area contributed by atoms with Crippen LogP contribution in [0.15, 0.2) is 24.3 Å². The van der Waals surface area contributed by atoms with Gasteiger partial charge in [0, 0.05) is 18.7 Å². The normalized spacial score (nSPS) is 12.3. The minimum Gasteiger partial charge on any atom is -0.329 e. The quantitative estimate of drug-likeness (QED) is 0.869. The number of amides is 1. The van der Waals surface area contributed by atoms with Gasteiger partial charge in [-0.25, -0.2) is 0 Å². The smallest absolute Gasteiger partial charge is 0.329 e. The van der Waals surface area contributed by atoms with E-state index in [9.17, 15) is 31.1 Å². The van der Waals surface area contributed by atoms with Gasteiger partial charge < -0.3 is 10.6 Å². The molecule has 1 rings (SSSR count). The lowest BCUT2D eigenvalue weighted by molar-refractivity contribution is -0.140. The second-order valence-electron chi connectivity index (χ2n) is 4.21. The van der Waals surface area contributed by atoms with E-state index < -0.39 is 30.4 Å². The molecule has 3 nitrogen and oxygen atoms in total. The third-order valence-electron chi connectivity index (χ3n) is 2.52. The molecule has 0 aliphatic heterocycles. The highest BCUT2D eigenvalue weighted by atomic mass is 19.4. The van der Waals surface area contributed by atoms with Crippen LogP contribution in [0.3, 0.4) is 0 Å². The summed E-state index contributed by atoms with van der Waals surface area (Å²) in [6.07, 6.45) is -9.19. The van der Waals surface area contributed by atoms with Gasteiger partial charge in [0.2, 0.25) is 0 Å². The number of nitrogens with zero attached hydrogens (tertiary/aromatic N) is 1. The van der Waals surface area contributed by atoms with Gasteiger partial charge in [0.15, 0.2) is 0 Å². The Morgan fingerprint density at radius 2 is 1.57 bits per heavy atom. The van der Waals surface area contributed by atoms with Crippen molar-refractivity contribution in [2.24, 2.45) is 5.73 Å². The summed E-state index contributed by atoms with van der Waals surface area (Å²) in [5.74, 6) is -1.02. The van der Waals surface area contributed by atoms with Gasteiger partial charge in [-0.3, -0.25) is 4.79 Å². The molecule has 0 saturated carbocycles. The van der Waals surface area contributed by atoms with Crippen molar-refractivity contribution >= 4 is 5.91 Å². The van der Waals surface area contributed by atoms with Crippen LogP contribution in [0.25, 0.3) is 0 Å². The van der Waals surface area contributed by atoms with Crippen LogP contribution in [0.4, 0.5) is 26.3 Å². The van der Waals surface area contributed by atoms with Gasteiger partial charge in [0.25, 0.3) is 5.91 Å². The maximum absolute atomic E-state index is 12.4. The largest absolute Gasteiger partial charge is 0.416 e. The molecule has 9 heteroatoms. The van der Waals surface area contributed by atoms with Crippen LogP contribution in [0.2, 0.25) is 0 Å². The zero-order valence-corrected chi connectivity index (χ0v) is 10.6. The molecule has 1 aromatic rings. The van der Waals surface area contributed by atoms with Crippen molar-refractivity contribution in [2.45, 2.75) is 12.4 Å². The van der Waals surface area contributed by atoms with Crippen molar-refractivity contribution in [3.63, 3.8) is 0 Å². The van der Waals surface area contributed by atoms with E-state index in [1.807, 2.05) is 0 Å². The van der Waals surface area contributed by atoms with Gasteiger partial charge >= 0.3 is 12.4 Å². The number of halogens is 6. The molecule has 0 aliphatic carbocycles. The molecule has 0 bridgehead atoms. The first-order chi connectivity index (χ1) is 9.54. The van der Waals surface area contributed by atoms with Crippen molar-refractivity contribution < 1.29 is 31.1 Å². The highest BCUT2D eigenvalue weighted by molar-refractivity contribution is 5.94. The third-order valence-corrected chi connectivity index (χ3v) is 2.52. The van der Waals surface area contributed by atoms with Crippen LogP contribution in [-0.2, 0) is 6.18 Å². The first-order valence-corrected chi connectivity index (χ1v) is 5.78. The van der Waals surface area contributed by atoms with E-state index in [0.29, 0.717) is 17.0 Å². The Labute approximate surface area is 116 Å². The van der Waals surface area contributed by atoms with Gasteiger partial charge in [0.1, 0.15) is 6.54 Å². The number of benzene rings is 1. The average molecular weight is 314 g/mol. The summed E-state index contributed by atoms with van der Waals surface area (Å²) < 4.78 is 74.1. The standard InChI is InChI=1S/C12H12F6N2O/c13-11(14,15)7-20(6-5-19)10(21)8-1-3-9(4-2-8)12(16,17)18/h1-4H,5-7,19H2. The van der Waals surface area contributed by atoms with Crippen LogP contribution in [0.5, 0.6) is 0 Å². The predicted molar refractivity (Wildman–Crippen MR) is 62.5 cm³/mol. The molecule has 21 heavy (non-hydrogen) atoms. The van der Waals surface area contributed by atoms with Crippen molar-refractivity contribution in [2.75, 3.05) is 19.6 Å². The number of carbonyl (C=O) groups excluding carboxylic acids is 1. The molecule has 0 aromatic heterocycles. The second kappa shape index (κ2) is 6.33. The fourth-order valence-electron chi connectivity index (χ4n) is 1.61. The number of carbonyl (C=O) groups is 1. The van der Waals surface area contributed by atoms with Crippen LogP contribution in [0.1, 0.15) is 15.9 Å². The molecule has 2 N–H and O–H groups in total. The molecule has 1 amide bonds. The SMILES string of the molecule is NCCN(CC(F)(F)F)C(=O)c1ccc(C(F)(F)F)cc1. The maximum Gasteiger partial charge on any atom is 0.416 e. The average Bonchev–Trinajstić information content (AvgIpc) is 2.35. The number of nitrogens with two attached hydrogens (primary N) is 1. The Balaban J connectivity index is 2.94. The Kier molecular flexibility index (Phi) is 5.21. The van der Waals surface area contributed by atoms with Gasteiger partial charge in [-0.2, -0.15) is 26.3 Å². The number of rotatable bonds is 4. The van der Waals surface area contributed by atoms with Crippen molar-refractivity contribution in [3.8, 4) is 0 Å². The zero-order valence-electron chi connectivity index (χ0n) is 10.6. The zero-order chi connectivity index (χ0) is 16.3. The predicted octanol–water partition coefficient (Wildman–Crippen LogP) is 2.67. The van der Waals surface area contributed by atoms with E-state index in [1.54, 1.807) is 0 Å². The van der Waals surface area contributed by atoms with E-state index in [2.05, 4.69) is 0 Å². The summed E-state index contributed by atoms with van der Waals surface area (Å²) in [5, 5.41) is 0. The molecule has 0 atom stereocenters. The molecule has 0 fully saturated rings. The minimum absolute atomic E-state index is 0.192. The minimum atomic E-state index is -4.61. The van der Waals surface area contributed by atoms with Crippen LogP contribution in [0, 0.1) is 0 Å². The lowest BCUT2D eigenvalue weighted by Gasteiger charge is -2.23. The summed E-state index contributed by atoms with van der Waals surface area (Å²) in [4.78, 5) is 12.3. The van der Waals surface area contributed by atoms with Gasteiger partial charge in [-0.05, 0) is 24.3 Å². The summed E-state index contributed by atoms with van der Waals surface area (Å²) in [6, 6.07) is 2.96. The molecular weight excluding hydrogens is 302 g/mol. The summed E-state index contributed by atoms with van der Waals surface area (Å²) in [5.41, 5.74) is 3.89. The molecule has 0 heterocycles. The summed E-state index contributed by atoms with van der Waals surface area (Å²) >= 11 is 0. The van der Waals surface area contributed by atoms with Crippen LogP contribution in [-0.4, -0.2) is 36.6 Å². The van der Waals surface area contributed by atoms with E-state index in [4.69, 9.17) is 5.73 Å². The second-order valence-corrected chi connectivity index (χ2v) is 4.21. The lowest BCUT2D eigenvalue weighted by atomic mass is 10.1. The Bertz CT molecular complexity index is 480. The monoisotopic (exact) mass is 314 g/mol. The number of alkyl halides is 6. The number of hydrogen-bond donors (Lipinski definition) is 1. The molecule has 118 valence electrons. The van der Waals surface area contributed by atoms with E-state index in [1.165, 1.54) is 0 Å². The first-order valence-electron chi connectivity index (χ1n) is 5.78.